The van der Waals surface area contributed by atoms with Crippen LogP contribution in [-0.4, -0.2) is 17.7 Å². The lowest BCUT2D eigenvalue weighted by atomic mass is 9.85. The summed E-state index contributed by atoms with van der Waals surface area (Å²) >= 11 is 0. The number of carbonyl (C=O) groups is 3. The molecule has 1 aliphatic heterocycles. The Labute approximate surface area is 105 Å². The van der Waals surface area contributed by atoms with Crippen LogP contribution < -0.4 is 10.6 Å². The maximum atomic E-state index is 12.0. The fourth-order valence-electron chi connectivity index (χ4n) is 2.10. The fraction of sp³-hybridized carbons (Fsp3) is 0.308. The number of rotatable bonds is 4. The number of hydrogen-bond donors (Lipinski definition) is 2. The zero-order chi connectivity index (χ0) is 13.2. The number of carbonyl (C=O) groups excluding carboxylic acids is 3. The van der Waals surface area contributed by atoms with E-state index in [4.69, 9.17) is 0 Å². The summed E-state index contributed by atoms with van der Waals surface area (Å²) < 4.78 is 0. The average molecular weight is 246 g/mol. The van der Waals surface area contributed by atoms with E-state index in [-0.39, 0.29) is 18.6 Å². The van der Waals surface area contributed by atoms with Crippen molar-refractivity contribution in [2.24, 2.45) is 0 Å². The maximum absolute atomic E-state index is 12.0. The number of hydrogen-bond acceptors (Lipinski definition) is 3. The zero-order valence-electron chi connectivity index (χ0n) is 10.0. The molecule has 3 amide bonds. The van der Waals surface area contributed by atoms with Gasteiger partial charge in [-0.1, -0.05) is 30.3 Å². The van der Waals surface area contributed by atoms with Gasteiger partial charge in [-0.15, -0.1) is 0 Å². The summed E-state index contributed by atoms with van der Waals surface area (Å²) in [5, 5.41) is 4.87. The molecule has 5 nitrogen and oxygen atoms in total. The van der Waals surface area contributed by atoms with Gasteiger partial charge in [0.1, 0.15) is 11.3 Å². The Hall–Kier alpha value is -2.17. The van der Waals surface area contributed by atoms with Crippen LogP contribution in [0.15, 0.2) is 30.3 Å². The summed E-state index contributed by atoms with van der Waals surface area (Å²) in [6.45, 7) is 1.47. The van der Waals surface area contributed by atoms with Gasteiger partial charge in [0.2, 0.25) is 0 Å². The second kappa shape index (κ2) is 4.60. The van der Waals surface area contributed by atoms with Gasteiger partial charge in [0, 0.05) is 6.42 Å². The van der Waals surface area contributed by atoms with Crippen molar-refractivity contribution in [3.8, 4) is 0 Å². The van der Waals surface area contributed by atoms with Crippen LogP contribution in [0.5, 0.6) is 0 Å². The molecular weight excluding hydrogens is 232 g/mol. The van der Waals surface area contributed by atoms with Gasteiger partial charge in [0.05, 0.1) is 0 Å². The molecule has 1 aromatic carbocycles. The molecule has 1 atom stereocenters. The van der Waals surface area contributed by atoms with E-state index < -0.39 is 17.5 Å². The van der Waals surface area contributed by atoms with Crippen molar-refractivity contribution in [3.63, 3.8) is 0 Å². The number of ketones is 1. The molecule has 0 bridgehead atoms. The van der Waals surface area contributed by atoms with Crippen molar-refractivity contribution in [2.45, 2.75) is 25.3 Å². The Morgan fingerprint density at radius 1 is 1.22 bits per heavy atom. The van der Waals surface area contributed by atoms with Crippen molar-refractivity contribution >= 4 is 17.7 Å². The molecule has 0 saturated carbocycles. The number of urea groups is 1. The number of Topliss-reactive ketones (excluding diaryl/α,β-unsaturated/α-hetero) is 1. The summed E-state index contributed by atoms with van der Waals surface area (Å²) in [5.74, 6) is -0.417. The normalized spacial score (nSPS) is 22.5. The first-order valence-electron chi connectivity index (χ1n) is 5.73. The van der Waals surface area contributed by atoms with Crippen LogP contribution in [0.1, 0.15) is 25.3 Å². The quantitative estimate of drug-likeness (QED) is 0.781. The lowest BCUT2D eigenvalue weighted by molar-refractivity contribution is -0.125. The van der Waals surface area contributed by atoms with Crippen molar-refractivity contribution in [2.75, 3.05) is 0 Å². The predicted octanol–water partition coefficient (Wildman–Crippen LogP) is 1.09. The highest BCUT2D eigenvalue weighted by Gasteiger charge is 2.47. The summed E-state index contributed by atoms with van der Waals surface area (Å²) in [6.07, 6.45) is 0.506. The van der Waals surface area contributed by atoms with Crippen molar-refractivity contribution in [1.82, 2.24) is 10.6 Å². The van der Waals surface area contributed by atoms with E-state index in [0.717, 1.165) is 0 Å². The molecule has 5 heteroatoms. The van der Waals surface area contributed by atoms with E-state index >= 15 is 0 Å². The lowest BCUT2D eigenvalue weighted by Crippen LogP contribution is -2.44. The molecule has 94 valence electrons. The third kappa shape index (κ3) is 2.11. The van der Waals surface area contributed by atoms with Crippen LogP contribution in [0.3, 0.4) is 0 Å². The van der Waals surface area contributed by atoms with Crippen LogP contribution in [0.2, 0.25) is 0 Å². The Morgan fingerprint density at radius 2 is 1.89 bits per heavy atom. The SMILES string of the molecule is CC(=O)CC[C@@]1(c2ccccc2)NC(=O)NC1=O. The summed E-state index contributed by atoms with van der Waals surface area (Å²) in [5.41, 5.74) is -0.432. The molecule has 1 fully saturated rings. The van der Waals surface area contributed by atoms with E-state index in [1.54, 1.807) is 24.3 Å². The van der Waals surface area contributed by atoms with Crippen molar-refractivity contribution in [1.29, 1.82) is 0 Å². The highest BCUT2D eigenvalue weighted by atomic mass is 16.2. The molecule has 1 aliphatic rings. The monoisotopic (exact) mass is 246 g/mol. The zero-order valence-corrected chi connectivity index (χ0v) is 10.0. The Balaban J connectivity index is 2.37. The first kappa shape index (κ1) is 12.3. The van der Waals surface area contributed by atoms with Crippen LogP contribution in [0, 0.1) is 0 Å². The highest BCUT2D eigenvalue weighted by molar-refractivity contribution is 6.07. The predicted molar refractivity (Wildman–Crippen MR) is 64.7 cm³/mol. The largest absolute Gasteiger partial charge is 0.322 e. The number of nitrogens with one attached hydrogen (secondary N) is 2. The fourth-order valence-corrected chi connectivity index (χ4v) is 2.10. The molecule has 1 saturated heterocycles. The van der Waals surface area contributed by atoms with E-state index in [9.17, 15) is 14.4 Å². The third-order valence-corrected chi connectivity index (χ3v) is 3.06. The molecular formula is C13H14N2O3. The van der Waals surface area contributed by atoms with Gasteiger partial charge in [-0.05, 0) is 18.9 Å². The van der Waals surface area contributed by atoms with E-state index in [1.165, 1.54) is 6.92 Å². The smallest absolute Gasteiger partial charge is 0.319 e. The Kier molecular flexibility index (Phi) is 3.14. The van der Waals surface area contributed by atoms with Gasteiger partial charge in [-0.2, -0.15) is 0 Å². The van der Waals surface area contributed by atoms with Crippen molar-refractivity contribution in [3.05, 3.63) is 35.9 Å². The van der Waals surface area contributed by atoms with Gasteiger partial charge < -0.3 is 10.1 Å². The first-order chi connectivity index (χ1) is 8.54. The number of benzene rings is 1. The highest BCUT2D eigenvalue weighted by Crippen LogP contribution is 2.29. The molecule has 0 aliphatic carbocycles. The van der Waals surface area contributed by atoms with Gasteiger partial charge in [-0.3, -0.25) is 10.1 Å². The van der Waals surface area contributed by atoms with E-state index in [1.807, 2.05) is 6.07 Å². The van der Waals surface area contributed by atoms with Gasteiger partial charge in [0.15, 0.2) is 0 Å². The van der Waals surface area contributed by atoms with Crippen LogP contribution >= 0.6 is 0 Å². The Morgan fingerprint density at radius 3 is 2.39 bits per heavy atom. The van der Waals surface area contributed by atoms with E-state index in [0.29, 0.717) is 5.56 Å². The maximum Gasteiger partial charge on any atom is 0.322 e. The van der Waals surface area contributed by atoms with Crippen LogP contribution in [0.25, 0.3) is 0 Å². The molecule has 1 heterocycles. The second-order valence-electron chi connectivity index (χ2n) is 4.38. The molecule has 18 heavy (non-hydrogen) atoms. The molecule has 0 spiro atoms. The minimum Gasteiger partial charge on any atom is -0.319 e. The number of imide groups is 1. The first-order valence-corrected chi connectivity index (χ1v) is 5.73. The molecule has 2 rings (SSSR count). The van der Waals surface area contributed by atoms with Crippen LogP contribution in [0.4, 0.5) is 4.79 Å². The topological polar surface area (TPSA) is 75.3 Å². The van der Waals surface area contributed by atoms with Gasteiger partial charge in [0.25, 0.3) is 5.91 Å². The molecule has 0 aromatic heterocycles. The average Bonchev–Trinajstić information content (AvgIpc) is 2.64. The molecule has 0 radical (unpaired) electrons. The molecule has 0 unspecified atom stereocenters. The Bertz CT molecular complexity index is 498. The summed E-state index contributed by atoms with van der Waals surface area (Å²) in [7, 11) is 0. The van der Waals surface area contributed by atoms with Gasteiger partial charge >= 0.3 is 6.03 Å². The lowest BCUT2D eigenvalue weighted by Gasteiger charge is -2.26. The summed E-state index contributed by atoms with van der Waals surface area (Å²) in [6, 6.07) is 8.44. The standard InChI is InChI=1S/C13H14N2O3/c1-9(16)7-8-13(10-5-3-2-4-6-10)11(17)14-12(18)15-13/h2-6H,7-8H2,1H3,(H2,14,15,17,18)/t13-/m0/s1. The second-order valence-corrected chi connectivity index (χ2v) is 4.38. The third-order valence-electron chi connectivity index (χ3n) is 3.06. The minimum absolute atomic E-state index is 0.0146. The molecule has 1 aromatic rings. The minimum atomic E-state index is -1.12. The van der Waals surface area contributed by atoms with Crippen LogP contribution in [-0.2, 0) is 15.1 Å². The number of amides is 3. The van der Waals surface area contributed by atoms with Gasteiger partial charge in [-0.25, -0.2) is 4.79 Å². The van der Waals surface area contributed by atoms with E-state index in [2.05, 4.69) is 10.6 Å². The molecule has 2 N–H and O–H groups in total. The summed E-state index contributed by atoms with van der Waals surface area (Å²) in [4.78, 5) is 34.5. The van der Waals surface area contributed by atoms with Crippen molar-refractivity contribution < 1.29 is 14.4 Å².